The molecule has 1 N–H and O–H groups in total. The summed E-state index contributed by atoms with van der Waals surface area (Å²) in [6, 6.07) is 8.40. The number of ether oxygens (including phenoxy) is 2. The van der Waals surface area contributed by atoms with Gasteiger partial charge >= 0.3 is 0 Å². The molecule has 0 bridgehead atoms. The van der Waals surface area contributed by atoms with E-state index in [4.69, 9.17) is 9.47 Å². The lowest BCUT2D eigenvalue weighted by atomic mass is 10.1. The van der Waals surface area contributed by atoms with Gasteiger partial charge in [0.25, 0.3) is 0 Å². The molecule has 16 heavy (non-hydrogen) atoms. The molecule has 0 aliphatic heterocycles. The lowest BCUT2D eigenvalue weighted by Gasteiger charge is -2.17. The molecule has 0 saturated heterocycles. The molecule has 0 aliphatic carbocycles. The average Bonchev–Trinajstić information content (AvgIpc) is 2.35. The Morgan fingerprint density at radius 3 is 2.62 bits per heavy atom. The summed E-state index contributed by atoms with van der Waals surface area (Å²) < 4.78 is 10.4. The molecule has 0 fully saturated rings. The second-order valence-electron chi connectivity index (χ2n) is 3.95. The van der Waals surface area contributed by atoms with E-state index in [2.05, 4.69) is 24.4 Å². The van der Waals surface area contributed by atoms with Gasteiger partial charge in [0.1, 0.15) is 5.75 Å². The third-order valence-electron chi connectivity index (χ3n) is 2.71. The van der Waals surface area contributed by atoms with Crippen molar-refractivity contribution < 1.29 is 9.47 Å². The van der Waals surface area contributed by atoms with Crippen molar-refractivity contribution in [3.8, 4) is 5.75 Å². The molecule has 3 heteroatoms. The van der Waals surface area contributed by atoms with Crippen LogP contribution in [0.15, 0.2) is 24.3 Å². The molecule has 0 aromatic heterocycles. The first-order valence-corrected chi connectivity index (χ1v) is 5.57. The summed E-state index contributed by atoms with van der Waals surface area (Å²) in [6.45, 7) is 5.03. The fraction of sp³-hybridized carbons (Fsp3) is 0.538. The van der Waals surface area contributed by atoms with E-state index in [9.17, 15) is 0 Å². The van der Waals surface area contributed by atoms with Crippen LogP contribution >= 0.6 is 0 Å². The van der Waals surface area contributed by atoms with Crippen LogP contribution in [0.4, 0.5) is 0 Å². The highest BCUT2D eigenvalue weighted by molar-refractivity contribution is 5.30. The Hall–Kier alpha value is -1.06. The van der Waals surface area contributed by atoms with E-state index in [0.29, 0.717) is 6.04 Å². The third kappa shape index (κ3) is 3.83. The zero-order chi connectivity index (χ0) is 12.0. The minimum Gasteiger partial charge on any atom is -0.497 e. The highest BCUT2D eigenvalue weighted by Gasteiger charge is 2.07. The third-order valence-corrected chi connectivity index (χ3v) is 2.71. The highest BCUT2D eigenvalue weighted by Crippen LogP contribution is 2.18. The molecule has 1 aromatic carbocycles. The van der Waals surface area contributed by atoms with Gasteiger partial charge in [-0.2, -0.15) is 0 Å². The summed E-state index contributed by atoms with van der Waals surface area (Å²) in [7, 11) is 3.41. The Balaban J connectivity index is 2.54. The molecular weight excluding hydrogens is 202 g/mol. The first-order chi connectivity index (χ1) is 7.67. The Kier molecular flexibility index (Phi) is 5.29. The summed E-state index contributed by atoms with van der Waals surface area (Å²) in [6.07, 6.45) is 0.230. The minimum absolute atomic E-state index is 0.230. The van der Waals surface area contributed by atoms with Gasteiger partial charge in [-0.05, 0) is 31.5 Å². The van der Waals surface area contributed by atoms with Crippen LogP contribution in [0.1, 0.15) is 25.5 Å². The van der Waals surface area contributed by atoms with Crippen LogP contribution < -0.4 is 10.1 Å². The van der Waals surface area contributed by atoms with Gasteiger partial charge in [0.2, 0.25) is 0 Å². The Morgan fingerprint density at radius 2 is 2.00 bits per heavy atom. The molecule has 3 nitrogen and oxygen atoms in total. The highest BCUT2D eigenvalue weighted by atomic mass is 16.5. The van der Waals surface area contributed by atoms with Crippen molar-refractivity contribution in [1.82, 2.24) is 5.32 Å². The standard InChI is InChI=1S/C13H21NO2/c1-10(15-3)9-14-11(2)12-6-5-7-13(8-12)16-4/h5-8,10-11,14H,9H2,1-4H3/t10?,11-/m1/s1. The van der Waals surface area contributed by atoms with Crippen molar-refractivity contribution in [2.24, 2.45) is 0 Å². The lowest BCUT2D eigenvalue weighted by molar-refractivity contribution is 0.115. The van der Waals surface area contributed by atoms with Gasteiger partial charge in [-0.1, -0.05) is 12.1 Å². The molecular formula is C13H21NO2. The maximum absolute atomic E-state index is 5.20. The largest absolute Gasteiger partial charge is 0.497 e. The Labute approximate surface area is 97.8 Å². The SMILES string of the molecule is COc1cccc([C@@H](C)NCC(C)OC)c1. The van der Waals surface area contributed by atoms with Gasteiger partial charge in [-0.3, -0.25) is 0 Å². The molecule has 1 rings (SSSR count). The van der Waals surface area contributed by atoms with Crippen LogP contribution in [0.3, 0.4) is 0 Å². The van der Waals surface area contributed by atoms with Crippen LogP contribution in [0.25, 0.3) is 0 Å². The van der Waals surface area contributed by atoms with Crippen molar-refractivity contribution in [2.45, 2.75) is 26.0 Å². The van der Waals surface area contributed by atoms with Crippen LogP contribution in [-0.4, -0.2) is 26.9 Å². The number of hydrogen-bond donors (Lipinski definition) is 1. The van der Waals surface area contributed by atoms with Gasteiger partial charge in [-0.15, -0.1) is 0 Å². The van der Waals surface area contributed by atoms with Crippen LogP contribution in [0, 0.1) is 0 Å². The van der Waals surface area contributed by atoms with Gasteiger partial charge in [0.15, 0.2) is 0 Å². The van der Waals surface area contributed by atoms with Crippen LogP contribution in [0.2, 0.25) is 0 Å². The van der Waals surface area contributed by atoms with E-state index in [-0.39, 0.29) is 6.10 Å². The zero-order valence-corrected chi connectivity index (χ0v) is 10.5. The quantitative estimate of drug-likeness (QED) is 0.803. The molecule has 90 valence electrons. The van der Waals surface area contributed by atoms with Gasteiger partial charge in [0, 0.05) is 19.7 Å². The fourth-order valence-electron chi connectivity index (χ4n) is 1.45. The summed E-state index contributed by atoms with van der Waals surface area (Å²) in [5.41, 5.74) is 1.22. The number of methoxy groups -OCH3 is 2. The van der Waals surface area contributed by atoms with E-state index in [1.807, 2.05) is 19.1 Å². The molecule has 0 heterocycles. The monoisotopic (exact) mass is 223 g/mol. The molecule has 0 spiro atoms. The van der Waals surface area contributed by atoms with Crippen LogP contribution in [-0.2, 0) is 4.74 Å². The summed E-state index contributed by atoms with van der Waals surface area (Å²) in [4.78, 5) is 0. The molecule has 0 amide bonds. The Morgan fingerprint density at radius 1 is 1.25 bits per heavy atom. The Bertz CT molecular complexity index is 315. The molecule has 0 saturated carbocycles. The number of rotatable bonds is 6. The minimum atomic E-state index is 0.230. The average molecular weight is 223 g/mol. The van der Waals surface area contributed by atoms with E-state index in [1.54, 1.807) is 14.2 Å². The fourth-order valence-corrected chi connectivity index (χ4v) is 1.45. The molecule has 0 radical (unpaired) electrons. The van der Waals surface area contributed by atoms with Gasteiger partial charge in [0.05, 0.1) is 13.2 Å². The van der Waals surface area contributed by atoms with E-state index in [1.165, 1.54) is 5.56 Å². The summed E-state index contributed by atoms with van der Waals surface area (Å²) >= 11 is 0. The van der Waals surface area contributed by atoms with E-state index in [0.717, 1.165) is 12.3 Å². The lowest BCUT2D eigenvalue weighted by Crippen LogP contribution is -2.28. The first kappa shape index (κ1) is 13.0. The molecule has 2 atom stereocenters. The van der Waals surface area contributed by atoms with Gasteiger partial charge < -0.3 is 14.8 Å². The van der Waals surface area contributed by atoms with Crippen molar-refractivity contribution in [3.63, 3.8) is 0 Å². The van der Waals surface area contributed by atoms with Crippen molar-refractivity contribution in [1.29, 1.82) is 0 Å². The van der Waals surface area contributed by atoms with Crippen molar-refractivity contribution in [2.75, 3.05) is 20.8 Å². The predicted molar refractivity (Wildman–Crippen MR) is 65.9 cm³/mol. The summed E-state index contributed by atoms with van der Waals surface area (Å²) in [5, 5.41) is 3.42. The van der Waals surface area contributed by atoms with E-state index < -0.39 is 0 Å². The van der Waals surface area contributed by atoms with Crippen molar-refractivity contribution in [3.05, 3.63) is 29.8 Å². The van der Waals surface area contributed by atoms with Crippen LogP contribution in [0.5, 0.6) is 5.75 Å². The van der Waals surface area contributed by atoms with E-state index >= 15 is 0 Å². The number of hydrogen-bond acceptors (Lipinski definition) is 3. The molecule has 0 aliphatic rings. The topological polar surface area (TPSA) is 30.5 Å². The second kappa shape index (κ2) is 6.51. The predicted octanol–water partition coefficient (Wildman–Crippen LogP) is 2.38. The summed E-state index contributed by atoms with van der Waals surface area (Å²) in [5.74, 6) is 0.894. The van der Waals surface area contributed by atoms with Gasteiger partial charge in [-0.25, -0.2) is 0 Å². The first-order valence-electron chi connectivity index (χ1n) is 5.57. The number of nitrogens with one attached hydrogen (secondary N) is 1. The maximum atomic E-state index is 5.20. The smallest absolute Gasteiger partial charge is 0.119 e. The maximum Gasteiger partial charge on any atom is 0.119 e. The second-order valence-corrected chi connectivity index (χ2v) is 3.95. The molecule has 1 unspecified atom stereocenters. The molecule has 1 aromatic rings. The number of benzene rings is 1. The van der Waals surface area contributed by atoms with Crippen molar-refractivity contribution >= 4 is 0 Å². The zero-order valence-electron chi connectivity index (χ0n) is 10.5. The normalized spacial score (nSPS) is 14.5.